The van der Waals surface area contributed by atoms with Gasteiger partial charge in [0.25, 0.3) is 5.91 Å². The predicted octanol–water partition coefficient (Wildman–Crippen LogP) is 5.24. The van der Waals surface area contributed by atoms with Crippen molar-refractivity contribution in [1.29, 1.82) is 0 Å². The lowest BCUT2D eigenvalue weighted by molar-refractivity contribution is -0.143. The fourth-order valence-corrected chi connectivity index (χ4v) is 5.14. The molecule has 2 amide bonds. The molecule has 1 fully saturated rings. The van der Waals surface area contributed by atoms with Crippen LogP contribution in [0.5, 0.6) is 0 Å². The van der Waals surface area contributed by atoms with Gasteiger partial charge in [-0.1, -0.05) is 24.0 Å². The molecule has 1 aliphatic heterocycles. The highest BCUT2D eigenvalue weighted by molar-refractivity contribution is 8.26. The first-order chi connectivity index (χ1) is 16.6. The topological polar surface area (TPSA) is 86.7 Å². The first kappa shape index (κ1) is 27.7. The van der Waals surface area contributed by atoms with Crippen LogP contribution in [-0.2, 0) is 26.7 Å². The summed E-state index contributed by atoms with van der Waals surface area (Å²) in [4.78, 5) is 36.6. The van der Waals surface area contributed by atoms with Crippen molar-refractivity contribution in [3.63, 3.8) is 0 Å². The van der Waals surface area contributed by atoms with Gasteiger partial charge in [0.15, 0.2) is 0 Å². The maximum Gasteiger partial charge on any atom is 0.416 e. The number of thiophene rings is 1. The number of alkyl halides is 6. The summed E-state index contributed by atoms with van der Waals surface area (Å²) in [6.45, 7) is -0.579. The van der Waals surface area contributed by atoms with Crippen LogP contribution in [0, 0.1) is 0 Å². The Kier molecular flexibility index (Phi) is 8.15. The van der Waals surface area contributed by atoms with E-state index >= 15 is 0 Å². The van der Waals surface area contributed by atoms with Gasteiger partial charge in [0.05, 0.1) is 22.5 Å². The van der Waals surface area contributed by atoms with Crippen molar-refractivity contribution in [2.45, 2.75) is 18.8 Å². The second-order valence-electron chi connectivity index (χ2n) is 7.29. The number of hydrogen-bond donors (Lipinski definition) is 2. The molecule has 2 N–H and O–H groups in total. The quantitative estimate of drug-likeness (QED) is 0.270. The number of hydrogen-bond acceptors (Lipinski definition) is 6. The summed E-state index contributed by atoms with van der Waals surface area (Å²) in [5.41, 5.74) is -3.08. The lowest BCUT2D eigenvalue weighted by Crippen LogP contribution is -2.40. The number of carboxylic acids is 1. The van der Waals surface area contributed by atoms with E-state index in [-0.39, 0.29) is 39.4 Å². The molecule has 0 radical (unpaired) electrons. The number of halogens is 6. The molecular weight excluding hydrogens is 554 g/mol. The second-order valence-corrected chi connectivity index (χ2v) is 9.91. The Hall–Kier alpha value is -2.91. The number of carbonyl (C=O) groups excluding carboxylic acids is 2. The van der Waals surface area contributed by atoms with Gasteiger partial charge in [-0.3, -0.25) is 19.3 Å². The van der Waals surface area contributed by atoms with Gasteiger partial charge in [-0.2, -0.15) is 26.3 Å². The molecule has 0 saturated carbocycles. The second kappa shape index (κ2) is 10.6. The van der Waals surface area contributed by atoms with Crippen molar-refractivity contribution in [1.82, 2.24) is 10.2 Å². The van der Waals surface area contributed by atoms with E-state index in [4.69, 9.17) is 17.3 Å². The number of nitrogens with zero attached hydrogens (tertiary/aromatic N) is 1. The smallest absolute Gasteiger partial charge is 0.416 e. The van der Waals surface area contributed by atoms with E-state index < -0.39 is 47.8 Å². The predicted molar refractivity (Wildman–Crippen MR) is 125 cm³/mol. The van der Waals surface area contributed by atoms with E-state index in [2.05, 4.69) is 5.32 Å². The van der Waals surface area contributed by atoms with Crippen LogP contribution < -0.4 is 5.32 Å². The van der Waals surface area contributed by atoms with E-state index in [0.29, 0.717) is 17.0 Å². The van der Waals surface area contributed by atoms with E-state index in [9.17, 15) is 40.7 Å². The van der Waals surface area contributed by atoms with Crippen molar-refractivity contribution in [2.24, 2.45) is 0 Å². The third-order valence-corrected chi connectivity index (χ3v) is 6.91. The Morgan fingerprint density at radius 3 is 2.19 bits per heavy atom. The van der Waals surface area contributed by atoms with Crippen LogP contribution >= 0.6 is 35.3 Å². The number of carbonyl (C=O) groups is 3. The average Bonchev–Trinajstić information content (AvgIpc) is 3.32. The molecular formula is C21H14F6N2O4S3. The summed E-state index contributed by atoms with van der Waals surface area (Å²) in [5.74, 6) is -2.36. The summed E-state index contributed by atoms with van der Waals surface area (Å²) < 4.78 is 79.0. The summed E-state index contributed by atoms with van der Waals surface area (Å²) in [6, 6.07) is 2.61. The van der Waals surface area contributed by atoms with Gasteiger partial charge >= 0.3 is 18.3 Å². The van der Waals surface area contributed by atoms with Crippen molar-refractivity contribution < 1.29 is 45.8 Å². The molecule has 0 spiro atoms. The number of aliphatic carboxylic acids is 1. The Bertz CT molecular complexity index is 1220. The molecule has 0 unspecified atom stereocenters. The Labute approximate surface area is 213 Å². The highest BCUT2D eigenvalue weighted by Crippen LogP contribution is 2.40. The normalized spacial score (nSPS) is 15.6. The Morgan fingerprint density at radius 2 is 1.64 bits per heavy atom. The van der Waals surface area contributed by atoms with Crippen molar-refractivity contribution in [3.8, 4) is 11.1 Å². The first-order valence-electron chi connectivity index (χ1n) is 9.77. The fourth-order valence-electron chi connectivity index (χ4n) is 2.98. The van der Waals surface area contributed by atoms with Crippen LogP contribution in [-0.4, -0.2) is 45.2 Å². The van der Waals surface area contributed by atoms with Crippen LogP contribution in [0.4, 0.5) is 26.3 Å². The maximum atomic E-state index is 13.2. The van der Waals surface area contributed by atoms with Crippen LogP contribution in [0.25, 0.3) is 17.2 Å². The molecule has 0 atom stereocenters. The molecule has 1 aromatic heterocycles. The largest absolute Gasteiger partial charge is 0.481 e. The van der Waals surface area contributed by atoms with Gasteiger partial charge in [0.1, 0.15) is 10.9 Å². The minimum absolute atomic E-state index is 0.0416. The molecule has 0 aliphatic carbocycles. The van der Waals surface area contributed by atoms with E-state index in [1.807, 2.05) is 0 Å². The molecule has 2 aromatic rings. The monoisotopic (exact) mass is 568 g/mol. The summed E-state index contributed by atoms with van der Waals surface area (Å²) in [7, 11) is 0. The summed E-state index contributed by atoms with van der Waals surface area (Å²) in [6.07, 6.45) is -8.90. The molecule has 1 saturated heterocycles. The van der Waals surface area contributed by atoms with Crippen LogP contribution in [0.1, 0.15) is 22.4 Å². The van der Waals surface area contributed by atoms with Crippen LogP contribution in [0.2, 0.25) is 0 Å². The fraction of sp³-hybridized carbons (Fsp3) is 0.238. The SMILES string of the molecule is O=C(O)CCNC(=O)CN1C(=O)C(=Cc2cc(-c3cc(C(F)(F)F)cc(C(F)(F)F)c3)cs2)SC1=S. The zero-order chi connectivity index (χ0) is 26.8. The van der Waals surface area contributed by atoms with Crippen molar-refractivity contribution in [2.75, 3.05) is 13.1 Å². The molecule has 6 nitrogen and oxygen atoms in total. The number of carboxylic acid groups (broad SMARTS) is 1. The highest BCUT2D eigenvalue weighted by Gasteiger charge is 2.37. The summed E-state index contributed by atoms with van der Waals surface area (Å²) >= 11 is 6.96. The van der Waals surface area contributed by atoms with Gasteiger partial charge in [0.2, 0.25) is 5.91 Å². The van der Waals surface area contributed by atoms with Crippen LogP contribution in [0.3, 0.4) is 0 Å². The molecule has 1 aliphatic rings. The lowest BCUT2D eigenvalue weighted by atomic mass is 10.0. The molecule has 15 heteroatoms. The zero-order valence-electron chi connectivity index (χ0n) is 17.7. The first-order valence-corrected chi connectivity index (χ1v) is 11.9. The molecule has 192 valence electrons. The molecule has 3 rings (SSSR count). The van der Waals surface area contributed by atoms with Gasteiger partial charge < -0.3 is 10.4 Å². The molecule has 36 heavy (non-hydrogen) atoms. The maximum absolute atomic E-state index is 13.2. The number of thioether (sulfide) groups is 1. The van der Waals surface area contributed by atoms with Gasteiger partial charge in [-0.25, -0.2) is 0 Å². The van der Waals surface area contributed by atoms with Gasteiger partial charge in [-0.15, -0.1) is 11.3 Å². The van der Waals surface area contributed by atoms with Crippen LogP contribution in [0.15, 0.2) is 34.6 Å². The van der Waals surface area contributed by atoms with E-state index in [0.717, 1.165) is 28.0 Å². The number of amides is 2. The molecule has 2 heterocycles. The van der Waals surface area contributed by atoms with Gasteiger partial charge in [0, 0.05) is 11.4 Å². The van der Waals surface area contributed by atoms with Crippen molar-refractivity contribution >= 4 is 63.5 Å². The Balaban J connectivity index is 1.80. The minimum atomic E-state index is -4.98. The van der Waals surface area contributed by atoms with E-state index in [1.54, 1.807) is 0 Å². The molecule has 0 bridgehead atoms. The Morgan fingerprint density at radius 1 is 1.03 bits per heavy atom. The zero-order valence-corrected chi connectivity index (χ0v) is 20.1. The highest BCUT2D eigenvalue weighted by atomic mass is 32.2. The third kappa shape index (κ3) is 6.85. The number of thiocarbonyl (C=S) groups is 1. The standard InChI is InChI=1S/C21H14F6N2O4S3/c22-20(23,24)12-3-10(4-13(6-12)21(25,26)27)11-5-14(35-9-11)7-15-18(33)29(19(34)36-15)8-16(30)28-2-1-17(31)32/h3-7,9H,1-2,8H2,(H,28,30)(H,31,32). The number of nitrogens with one attached hydrogen (secondary N) is 1. The molecule has 1 aromatic carbocycles. The third-order valence-electron chi connectivity index (χ3n) is 4.65. The van der Waals surface area contributed by atoms with Gasteiger partial charge in [-0.05, 0) is 46.8 Å². The summed E-state index contributed by atoms with van der Waals surface area (Å²) in [5, 5.41) is 12.3. The van der Waals surface area contributed by atoms with E-state index in [1.165, 1.54) is 17.5 Å². The lowest BCUT2D eigenvalue weighted by Gasteiger charge is -2.13. The minimum Gasteiger partial charge on any atom is -0.481 e. The average molecular weight is 569 g/mol. The van der Waals surface area contributed by atoms with Crippen molar-refractivity contribution in [3.05, 3.63) is 50.6 Å². The number of benzene rings is 1. The number of rotatable bonds is 7.